The molecule has 30 heavy (non-hydrogen) atoms. The molecule has 2 heterocycles. The number of pyridine rings is 1. The smallest absolute Gasteiger partial charge is 0.423 e. The zero-order valence-electron chi connectivity index (χ0n) is 16.2. The number of benzene rings is 1. The molecule has 2 saturated carbocycles. The Bertz CT molecular complexity index is 1060. The third-order valence-electron chi connectivity index (χ3n) is 6.03. The summed E-state index contributed by atoms with van der Waals surface area (Å²) in [5.74, 6) is 1.76. The summed E-state index contributed by atoms with van der Waals surface area (Å²) in [4.78, 5) is 0. The highest BCUT2D eigenvalue weighted by Crippen LogP contribution is 2.49. The summed E-state index contributed by atoms with van der Waals surface area (Å²) in [5.41, 5.74) is 0.194. The lowest BCUT2D eigenvalue weighted by Gasteiger charge is -2.15. The van der Waals surface area contributed by atoms with Gasteiger partial charge in [-0.3, -0.25) is 4.40 Å². The Morgan fingerprint density at radius 3 is 2.57 bits per heavy atom. The van der Waals surface area contributed by atoms with E-state index in [1.807, 2.05) is 24.3 Å². The second-order valence-corrected chi connectivity index (χ2v) is 8.74. The summed E-state index contributed by atoms with van der Waals surface area (Å²) >= 11 is 5.92. The molecular weight excluding hydrogens is 415 g/mol. The van der Waals surface area contributed by atoms with E-state index in [0.29, 0.717) is 41.4 Å². The molecule has 0 N–H and O–H groups in total. The van der Waals surface area contributed by atoms with Gasteiger partial charge in [0.05, 0.1) is 6.61 Å². The van der Waals surface area contributed by atoms with Gasteiger partial charge < -0.3 is 4.74 Å². The molecule has 4 nitrogen and oxygen atoms in total. The molecule has 2 aliphatic rings. The van der Waals surface area contributed by atoms with Crippen LogP contribution in [0.1, 0.15) is 48.6 Å². The van der Waals surface area contributed by atoms with Crippen LogP contribution in [0.4, 0.5) is 13.2 Å². The van der Waals surface area contributed by atoms with Crippen molar-refractivity contribution in [2.75, 3.05) is 6.61 Å². The average Bonchev–Trinajstić information content (AvgIpc) is 3.61. The summed E-state index contributed by atoms with van der Waals surface area (Å²) in [7, 11) is 0. The third kappa shape index (κ3) is 4.00. The first-order chi connectivity index (χ1) is 14.4. The monoisotopic (exact) mass is 435 g/mol. The lowest BCUT2D eigenvalue weighted by molar-refractivity contribution is -0.138. The Kier molecular flexibility index (Phi) is 4.88. The maximum atomic E-state index is 13.8. The van der Waals surface area contributed by atoms with Crippen LogP contribution < -0.4 is 4.74 Å². The van der Waals surface area contributed by atoms with E-state index in [0.717, 1.165) is 19.3 Å². The molecule has 2 aromatic heterocycles. The zero-order chi connectivity index (χ0) is 20.9. The van der Waals surface area contributed by atoms with Crippen molar-refractivity contribution in [2.45, 2.75) is 44.2 Å². The Labute approximate surface area is 177 Å². The van der Waals surface area contributed by atoms with E-state index in [4.69, 9.17) is 16.3 Å². The number of alkyl halides is 3. The van der Waals surface area contributed by atoms with Gasteiger partial charge in [0.15, 0.2) is 5.65 Å². The van der Waals surface area contributed by atoms with Crippen LogP contribution >= 0.6 is 11.6 Å². The van der Waals surface area contributed by atoms with Crippen molar-refractivity contribution in [3.63, 3.8) is 0 Å². The van der Waals surface area contributed by atoms with E-state index in [-0.39, 0.29) is 18.0 Å². The number of aromatic nitrogens is 3. The number of fused-ring (bicyclic) bond motifs is 1. The fourth-order valence-electron chi connectivity index (χ4n) is 4.10. The van der Waals surface area contributed by atoms with Crippen LogP contribution in [0.5, 0.6) is 5.75 Å². The van der Waals surface area contributed by atoms with E-state index in [1.54, 1.807) is 6.20 Å². The largest absolute Gasteiger partial charge is 0.493 e. The van der Waals surface area contributed by atoms with Gasteiger partial charge in [-0.05, 0) is 67.2 Å². The number of rotatable bonds is 7. The van der Waals surface area contributed by atoms with E-state index in [2.05, 4.69) is 10.2 Å². The van der Waals surface area contributed by atoms with Crippen LogP contribution in [0, 0.1) is 11.8 Å². The number of hydrogen-bond acceptors (Lipinski definition) is 3. The van der Waals surface area contributed by atoms with Crippen LogP contribution in [0.2, 0.25) is 5.02 Å². The Morgan fingerprint density at radius 1 is 1.10 bits per heavy atom. The van der Waals surface area contributed by atoms with Crippen molar-refractivity contribution in [3.05, 3.63) is 58.5 Å². The summed E-state index contributed by atoms with van der Waals surface area (Å²) in [6.45, 7) is 0.233. The van der Waals surface area contributed by atoms with Gasteiger partial charge in [-0.2, -0.15) is 13.2 Å². The average molecular weight is 436 g/mol. The second kappa shape index (κ2) is 7.45. The minimum atomic E-state index is -4.56. The van der Waals surface area contributed by atoms with Crippen LogP contribution in [-0.4, -0.2) is 21.2 Å². The number of halogens is 4. The van der Waals surface area contributed by atoms with Gasteiger partial charge in [-0.15, -0.1) is 10.2 Å². The fourth-order valence-corrected chi connectivity index (χ4v) is 4.22. The predicted octanol–water partition coefficient (Wildman–Crippen LogP) is 5.93. The molecule has 2 fully saturated rings. The summed E-state index contributed by atoms with van der Waals surface area (Å²) < 4.78 is 48.5. The summed E-state index contributed by atoms with van der Waals surface area (Å²) in [6.07, 6.45) is 1.60. The minimum absolute atomic E-state index is 0.177. The summed E-state index contributed by atoms with van der Waals surface area (Å²) in [6, 6.07) is 9.13. The van der Waals surface area contributed by atoms with Gasteiger partial charge in [-0.25, -0.2) is 0 Å². The SMILES string of the molecule is FC(F)(F)c1c(OCC[C@@H]2C[C@H]2c2ccc(Cl)cc2)ccn2c(CC3CC3)nnc12. The highest BCUT2D eigenvalue weighted by molar-refractivity contribution is 6.30. The van der Waals surface area contributed by atoms with Crippen molar-refractivity contribution in [1.29, 1.82) is 0 Å². The molecule has 8 heteroatoms. The normalized spacial score (nSPS) is 21.2. The number of ether oxygens (including phenoxy) is 1. The van der Waals surface area contributed by atoms with Crippen molar-refractivity contribution >= 4 is 17.2 Å². The summed E-state index contributed by atoms with van der Waals surface area (Å²) in [5, 5.41) is 8.55. The van der Waals surface area contributed by atoms with E-state index < -0.39 is 11.7 Å². The standard InChI is InChI=1S/C22H21ClF3N3O/c23-16-5-3-14(4-6-16)17-12-15(17)8-10-30-18-7-9-29-19(11-13-1-2-13)27-28-21(29)20(18)22(24,25)26/h3-7,9,13,15,17H,1-2,8,10-12H2/t15-,17+/m1/s1. The molecule has 2 atom stereocenters. The van der Waals surface area contributed by atoms with E-state index >= 15 is 0 Å². The van der Waals surface area contributed by atoms with Crippen molar-refractivity contribution in [2.24, 2.45) is 11.8 Å². The molecule has 0 saturated heterocycles. The molecule has 0 spiro atoms. The van der Waals surface area contributed by atoms with Crippen LogP contribution in [0.15, 0.2) is 36.5 Å². The molecule has 5 rings (SSSR count). The lowest BCUT2D eigenvalue weighted by Crippen LogP contribution is -2.12. The first kappa shape index (κ1) is 19.7. The highest BCUT2D eigenvalue weighted by atomic mass is 35.5. The third-order valence-corrected chi connectivity index (χ3v) is 6.28. The lowest BCUT2D eigenvalue weighted by atomic mass is 10.1. The first-order valence-corrected chi connectivity index (χ1v) is 10.6. The second-order valence-electron chi connectivity index (χ2n) is 8.30. The molecule has 0 amide bonds. The maximum Gasteiger partial charge on any atom is 0.423 e. The van der Waals surface area contributed by atoms with E-state index in [9.17, 15) is 13.2 Å². The van der Waals surface area contributed by atoms with Gasteiger partial charge in [0.1, 0.15) is 17.1 Å². The maximum absolute atomic E-state index is 13.8. The predicted molar refractivity (Wildman–Crippen MR) is 107 cm³/mol. The molecule has 0 aliphatic heterocycles. The van der Waals surface area contributed by atoms with Gasteiger partial charge in [0, 0.05) is 17.6 Å². The first-order valence-electron chi connectivity index (χ1n) is 10.2. The molecule has 0 bridgehead atoms. The minimum Gasteiger partial charge on any atom is -0.493 e. The van der Waals surface area contributed by atoms with Crippen LogP contribution in [0.3, 0.4) is 0 Å². The molecule has 0 radical (unpaired) electrons. The van der Waals surface area contributed by atoms with Gasteiger partial charge in [0.2, 0.25) is 0 Å². The van der Waals surface area contributed by atoms with Crippen molar-refractivity contribution < 1.29 is 17.9 Å². The quantitative estimate of drug-likeness (QED) is 0.462. The Morgan fingerprint density at radius 2 is 1.87 bits per heavy atom. The molecular formula is C22H21ClF3N3O. The topological polar surface area (TPSA) is 39.4 Å². The van der Waals surface area contributed by atoms with Gasteiger partial charge in [0.25, 0.3) is 0 Å². The Hall–Kier alpha value is -2.28. The van der Waals surface area contributed by atoms with E-state index in [1.165, 1.54) is 16.0 Å². The molecule has 0 unspecified atom stereocenters. The molecule has 3 aromatic rings. The zero-order valence-corrected chi connectivity index (χ0v) is 17.0. The van der Waals surface area contributed by atoms with Crippen molar-refractivity contribution in [3.8, 4) is 5.75 Å². The van der Waals surface area contributed by atoms with Crippen molar-refractivity contribution in [1.82, 2.24) is 14.6 Å². The Balaban J connectivity index is 1.29. The van der Waals surface area contributed by atoms with Gasteiger partial charge in [-0.1, -0.05) is 23.7 Å². The molecule has 158 valence electrons. The van der Waals surface area contributed by atoms with Gasteiger partial charge >= 0.3 is 6.18 Å². The highest BCUT2D eigenvalue weighted by Gasteiger charge is 2.40. The number of nitrogens with zero attached hydrogens (tertiary/aromatic N) is 3. The van der Waals surface area contributed by atoms with Crippen LogP contribution in [0.25, 0.3) is 5.65 Å². The number of hydrogen-bond donors (Lipinski definition) is 0. The van der Waals surface area contributed by atoms with Crippen LogP contribution in [-0.2, 0) is 12.6 Å². The fraction of sp³-hybridized carbons (Fsp3) is 0.455. The molecule has 1 aromatic carbocycles. The molecule has 2 aliphatic carbocycles.